The van der Waals surface area contributed by atoms with Crippen LogP contribution >= 0.6 is 0 Å². The number of aromatic nitrogens is 16. The van der Waals surface area contributed by atoms with Crippen molar-refractivity contribution in [2.75, 3.05) is 0 Å². The molecule has 2 aliphatic heterocycles. The molecule has 9 heterocycles. The Morgan fingerprint density at radius 2 is 0.565 bits per heavy atom. The zero-order valence-electron chi connectivity index (χ0n) is 38.5. The molecule has 0 saturated carbocycles. The summed E-state index contributed by atoms with van der Waals surface area (Å²) in [5.41, 5.74) is 8.60. The van der Waals surface area contributed by atoms with Gasteiger partial charge in [0.25, 0.3) is 0 Å². The Morgan fingerprint density at radius 1 is 0.348 bits per heavy atom. The van der Waals surface area contributed by atoms with Gasteiger partial charge in [-0.25, -0.2) is 29.1 Å². The van der Waals surface area contributed by atoms with Crippen molar-refractivity contribution in [1.29, 1.82) is 0 Å². The third kappa shape index (κ3) is 5.44. The smallest absolute Gasteiger partial charge is 0.357 e. The van der Waals surface area contributed by atoms with Gasteiger partial charge in [-0.05, 0) is 97.8 Å². The molecule has 7 aromatic heterocycles. The van der Waals surface area contributed by atoms with Gasteiger partial charge in [0.15, 0.2) is 0 Å². The molecule has 8 bridgehead atoms. The van der Waals surface area contributed by atoms with Crippen LogP contribution in [0.2, 0.25) is 0 Å². The first-order valence-electron chi connectivity index (χ1n) is 22.5. The minimum absolute atomic E-state index is 0. The van der Waals surface area contributed by atoms with E-state index >= 15 is 0 Å². The summed E-state index contributed by atoms with van der Waals surface area (Å²) in [6.07, 6.45) is 0. The molecule has 0 unspecified atom stereocenters. The number of aryl methyl sites for hydroxylation is 8. The Bertz CT molecular complexity index is 4310. The van der Waals surface area contributed by atoms with E-state index in [1.165, 1.54) is 0 Å². The van der Waals surface area contributed by atoms with Gasteiger partial charge in [0.2, 0.25) is 0 Å². The molecule has 13 rings (SSSR count). The number of hydrogen-bond donors (Lipinski definition) is 0. The summed E-state index contributed by atoms with van der Waals surface area (Å²) >= 11 is 0. The van der Waals surface area contributed by atoms with Crippen molar-refractivity contribution in [2.24, 2.45) is 28.2 Å². The first-order chi connectivity index (χ1) is 32.8. The molecule has 20 nitrogen and oxygen atoms in total. The summed E-state index contributed by atoms with van der Waals surface area (Å²) in [6.45, 7) is 9.46. The molecule has 0 fully saturated rings. The molecule has 21 heteroatoms. The maximum absolute atomic E-state index is 13.5. The molecule has 2 aliphatic rings. The van der Waals surface area contributed by atoms with Gasteiger partial charge in [0, 0.05) is 99.2 Å². The van der Waals surface area contributed by atoms with Crippen molar-refractivity contribution >= 4 is 88.3 Å². The molecule has 0 saturated heterocycles. The van der Waals surface area contributed by atoms with Gasteiger partial charge in [-0.15, -0.1) is 0 Å². The maximum atomic E-state index is 13.5. The predicted molar refractivity (Wildman–Crippen MR) is 260 cm³/mol. The maximum Gasteiger partial charge on any atom is 2.00 e. The Hall–Kier alpha value is -8.16. The Kier molecular flexibility index (Phi) is 8.82. The van der Waals surface area contributed by atoms with Crippen molar-refractivity contribution in [3.63, 3.8) is 0 Å². The fourth-order valence-corrected chi connectivity index (χ4v) is 10.5. The van der Waals surface area contributed by atoms with E-state index in [0.29, 0.717) is 160 Å². The van der Waals surface area contributed by atoms with E-state index in [9.17, 15) is 19.2 Å². The number of fused-ring (bicyclic) bond motifs is 24. The van der Waals surface area contributed by atoms with Crippen LogP contribution in [0.25, 0.3) is 134 Å². The fraction of sp³-hybridized carbons (Fsp3) is 0.250. The average molecular weight is 969 g/mol. The first kappa shape index (κ1) is 42.2. The van der Waals surface area contributed by atoms with E-state index in [4.69, 9.17) is 39.9 Å². The van der Waals surface area contributed by atoms with Crippen LogP contribution in [0.3, 0.4) is 0 Å². The van der Waals surface area contributed by atoms with E-state index in [0.717, 1.165) is 0 Å². The zero-order valence-corrected chi connectivity index (χ0v) is 39.5. The average Bonchev–Trinajstić information content (AvgIpc) is 4.20. The molecule has 4 aromatic carbocycles. The normalized spacial score (nSPS) is 12.4. The van der Waals surface area contributed by atoms with Crippen LogP contribution in [-0.4, -0.2) is 66.4 Å². The summed E-state index contributed by atoms with van der Waals surface area (Å²) in [5.74, 6) is 1.19. The topological polar surface area (TPSA) is 213 Å². The summed E-state index contributed by atoms with van der Waals surface area (Å²) in [7, 11) is 6.96. The van der Waals surface area contributed by atoms with E-state index in [1.807, 2.05) is 76.2 Å². The van der Waals surface area contributed by atoms with Crippen LogP contribution in [0.1, 0.15) is 27.7 Å². The van der Waals surface area contributed by atoms with Gasteiger partial charge < -0.3 is 29.9 Å². The second-order valence-corrected chi connectivity index (χ2v) is 17.4. The molecule has 0 amide bonds. The molecular formula is C48H40CuN16O4. The quantitative estimate of drug-likeness (QED) is 0.217. The van der Waals surface area contributed by atoms with E-state index in [1.54, 1.807) is 64.7 Å². The van der Waals surface area contributed by atoms with Crippen LogP contribution in [-0.2, 0) is 71.4 Å². The summed E-state index contributed by atoms with van der Waals surface area (Å²) in [4.78, 5) is 95.4. The van der Waals surface area contributed by atoms with Crippen molar-refractivity contribution in [3.8, 4) is 45.6 Å². The molecule has 1 radical (unpaired) electrons. The largest absolute Gasteiger partial charge is 2.00 e. The van der Waals surface area contributed by atoms with Crippen molar-refractivity contribution in [3.05, 3.63) is 90.5 Å². The van der Waals surface area contributed by atoms with E-state index in [-0.39, 0.29) is 39.8 Å². The third-order valence-electron chi connectivity index (χ3n) is 14.0. The number of benzene rings is 4. The molecular weight excluding hydrogens is 928 g/mol. The molecule has 0 N–H and O–H groups in total. The monoisotopic (exact) mass is 967 g/mol. The van der Waals surface area contributed by atoms with Crippen LogP contribution in [0.4, 0.5) is 0 Å². The Labute approximate surface area is 398 Å². The Balaban J connectivity index is 0.00000492. The molecule has 0 atom stereocenters. The van der Waals surface area contributed by atoms with Crippen molar-refractivity contribution < 1.29 is 17.1 Å². The van der Waals surface area contributed by atoms with E-state index in [2.05, 4.69) is 0 Å². The molecule has 11 aromatic rings. The molecule has 0 aliphatic carbocycles. The number of nitrogens with zero attached hydrogens (tertiary/aromatic N) is 16. The standard InChI is InChI=1S/C48H40N16O4.Cu/c1-9-61-33-17-25-21(13-29(33)57(5)45(61)65)37-49-41(25)53-38-22-14-30-34(62(10-2)46(66)58(30)6)18-26(22)43(50-38)55-40-24-16-32-36(64(12-4)48(68)60(32)8)20-28(24)44(52-40)56-39-23-15-31-35(19-27(23)42(51-39)54-37)63(11-3)47(67)59(31)7;/h13-20H,9-12H2,1-8H3;/q-2;+2. The molecule has 69 heavy (non-hydrogen) atoms. The second-order valence-electron chi connectivity index (χ2n) is 17.4. The second kappa shape index (κ2) is 14.4. The van der Waals surface area contributed by atoms with Gasteiger partial charge in [-0.2, -0.15) is 0 Å². The van der Waals surface area contributed by atoms with Crippen LogP contribution < -0.4 is 32.7 Å². The van der Waals surface area contributed by atoms with E-state index < -0.39 is 0 Å². The van der Waals surface area contributed by atoms with Crippen LogP contribution in [0.15, 0.2) is 67.7 Å². The fourth-order valence-electron chi connectivity index (χ4n) is 10.5. The van der Waals surface area contributed by atoms with Gasteiger partial charge >= 0.3 is 39.8 Å². The summed E-state index contributed by atoms with van der Waals surface area (Å²) in [6, 6.07) is 15.3. The predicted octanol–water partition coefficient (Wildman–Crippen LogP) is 4.82. The molecule has 0 spiro atoms. The van der Waals surface area contributed by atoms with Crippen LogP contribution in [0.5, 0.6) is 0 Å². The summed E-state index contributed by atoms with van der Waals surface area (Å²) in [5, 5.41) is 2.50. The van der Waals surface area contributed by atoms with Crippen LogP contribution in [0, 0.1) is 0 Å². The minimum Gasteiger partial charge on any atom is -0.357 e. The van der Waals surface area contributed by atoms with Crippen molar-refractivity contribution in [2.45, 2.75) is 53.9 Å². The van der Waals surface area contributed by atoms with Crippen molar-refractivity contribution in [1.82, 2.24) is 76.4 Å². The third-order valence-corrected chi connectivity index (χ3v) is 14.0. The number of rotatable bonds is 4. The first-order valence-corrected chi connectivity index (χ1v) is 22.5. The van der Waals surface area contributed by atoms with Gasteiger partial charge in [0.05, 0.1) is 67.4 Å². The molecule has 347 valence electrons. The SMILES string of the molecule is CCn1c(=O)n(C)c2cc3c(cc21)-c1nc-3nc2[n-]c(nc3nc(nc4[n-]c(n1)c1cc5c(cc41)n(CC)c(=O)n5C)-c1cc4c(cc1-3)n(CC)c(=O)n4C)c1cc3c(cc21)n(CC)c(=O)n3C.[Cu+2]. The van der Waals surface area contributed by atoms with Gasteiger partial charge in [-0.3, -0.25) is 36.5 Å². The number of imidazole rings is 4. The zero-order chi connectivity index (χ0) is 46.9. The van der Waals surface area contributed by atoms with Gasteiger partial charge in [-0.1, -0.05) is 0 Å². The number of hydrogen-bond acceptors (Lipinski definition) is 10. The van der Waals surface area contributed by atoms with Gasteiger partial charge in [0.1, 0.15) is 0 Å². The summed E-state index contributed by atoms with van der Waals surface area (Å²) < 4.78 is 13.2. The minimum atomic E-state index is -0.163. The Morgan fingerprint density at radius 3 is 0.826 bits per heavy atom.